The van der Waals surface area contributed by atoms with Crippen LogP contribution in [-0.4, -0.2) is 9.97 Å². The molecule has 0 amide bonds. The first kappa shape index (κ1) is 8.74. The maximum atomic E-state index is 6.25. The highest BCUT2D eigenvalue weighted by Crippen LogP contribution is 2.30. The SMILES string of the molecule is Cc1cc(Cl)c2c(ccc3nccc32)[nH]1. The molecule has 3 aromatic rings. The normalized spacial score (nSPS) is 11.3. The van der Waals surface area contributed by atoms with Gasteiger partial charge in [0.05, 0.1) is 10.5 Å². The van der Waals surface area contributed by atoms with Gasteiger partial charge in [-0.3, -0.25) is 4.98 Å². The van der Waals surface area contributed by atoms with E-state index in [4.69, 9.17) is 11.6 Å². The van der Waals surface area contributed by atoms with Gasteiger partial charge in [0.25, 0.3) is 0 Å². The maximum Gasteiger partial charge on any atom is 0.0710 e. The minimum Gasteiger partial charge on any atom is -0.359 e. The molecule has 1 N–H and O–H groups in total. The number of aryl methyl sites for hydroxylation is 1. The van der Waals surface area contributed by atoms with Crippen LogP contribution in [0.3, 0.4) is 0 Å². The van der Waals surface area contributed by atoms with E-state index in [1.165, 1.54) is 0 Å². The molecule has 0 fully saturated rings. The van der Waals surface area contributed by atoms with Crippen LogP contribution in [0.2, 0.25) is 5.02 Å². The fourth-order valence-electron chi connectivity index (χ4n) is 1.95. The molecule has 0 aliphatic heterocycles. The van der Waals surface area contributed by atoms with Crippen LogP contribution in [0.4, 0.5) is 0 Å². The molecule has 0 bridgehead atoms. The van der Waals surface area contributed by atoms with Crippen molar-refractivity contribution in [3.63, 3.8) is 0 Å². The standard InChI is InChI=1S/C12H9ClN2/c1-7-6-9(13)12-8-4-5-14-10(8)2-3-11(12)15-7/h2-6,15H,1H3. The third kappa shape index (κ3) is 1.22. The minimum absolute atomic E-state index is 0.778. The molecule has 0 saturated heterocycles. The Bertz CT molecular complexity index is 655. The number of benzene rings is 1. The predicted molar refractivity (Wildman–Crippen MR) is 63.3 cm³/mol. The molecular formula is C12H9ClN2. The van der Waals surface area contributed by atoms with E-state index in [2.05, 4.69) is 9.97 Å². The van der Waals surface area contributed by atoms with Crippen LogP contribution in [0.1, 0.15) is 5.69 Å². The Hall–Kier alpha value is -1.54. The maximum absolute atomic E-state index is 6.25. The molecular weight excluding hydrogens is 208 g/mol. The molecule has 0 saturated carbocycles. The van der Waals surface area contributed by atoms with E-state index >= 15 is 0 Å². The first-order valence-corrected chi connectivity index (χ1v) is 5.16. The highest BCUT2D eigenvalue weighted by Gasteiger charge is 2.06. The molecule has 0 aliphatic rings. The Kier molecular flexibility index (Phi) is 1.73. The van der Waals surface area contributed by atoms with Crippen molar-refractivity contribution in [2.45, 2.75) is 6.92 Å². The van der Waals surface area contributed by atoms with Gasteiger partial charge in [0.15, 0.2) is 0 Å². The highest BCUT2D eigenvalue weighted by atomic mass is 35.5. The lowest BCUT2D eigenvalue weighted by Gasteiger charge is -2.04. The van der Waals surface area contributed by atoms with Gasteiger partial charge in [-0.1, -0.05) is 11.6 Å². The third-order valence-corrected chi connectivity index (χ3v) is 2.89. The smallest absolute Gasteiger partial charge is 0.0710 e. The van der Waals surface area contributed by atoms with Crippen molar-refractivity contribution in [1.29, 1.82) is 0 Å². The Labute approximate surface area is 91.9 Å². The third-order valence-electron chi connectivity index (χ3n) is 2.59. The van der Waals surface area contributed by atoms with Crippen LogP contribution in [0, 0.1) is 6.92 Å². The summed E-state index contributed by atoms with van der Waals surface area (Å²) in [7, 11) is 0. The molecule has 3 heteroatoms. The Balaban J connectivity index is 2.62. The lowest BCUT2D eigenvalue weighted by atomic mass is 10.1. The van der Waals surface area contributed by atoms with E-state index in [1.54, 1.807) is 6.20 Å². The van der Waals surface area contributed by atoms with Crippen molar-refractivity contribution >= 4 is 33.4 Å². The van der Waals surface area contributed by atoms with Crippen molar-refractivity contribution in [1.82, 2.24) is 9.97 Å². The minimum atomic E-state index is 0.778. The number of hydrogen-bond donors (Lipinski definition) is 1. The van der Waals surface area contributed by atoms with Crippen LogP contribution >= 0.6 is 11.6 Å². The van der Waals surface area contributed by atoms with Gasteiger partial charge in [0.2, 0.25) is 0 Å². The molecule has 0 aliphatic carbocycles. The number of nitrogens with one attached hydrogen (secondary N) is 1. The molecule has 1 aromatic carbocycles. The fourth-order valence-corrected chi connectivity index (χ4v) is 2.32. The highest BCUT2D eigenvalue weighted by molar-refractivity contribution is 6.37. The van der Waals surface area contributed by atoms with Crippen molar-refractivity contribution in [2.24, 2.45) is 0 Å². The lowest BCUT2D eigenvalue weighted by molar-refractivity contribution is 1.26. The summed E-state index contributed by atoms with van der Waals surface area (Å²) in [6.45, 7) is 2.00. The zero-order valence-electron chi connectivity index (χ0n) is 8.21. The zero-order valence-corrected chi connectivity index (χ0v) is 8.97. The zero-order chi connectivity index (χ0) is 10.4. The van der Waals surface area contributed by atoms with Crippen LogP contribution in [0.25, 0.3) is 21.8 Å². The second-order valence-corrected chi connectivity index (χ2v) is 4.07. The second kappa shape index (κ2) is 2.97. The van der Waals surface area contributed by atoms with Crippen molar-refractivity contribution in [2.75, 3.05) is 0 Å². The van der Waals surface area contributed by atoms with Crippen molar-refractivity contribution < 1.29 is 0 Å². The van der Waals surface area contributed by atoms with Gasteiger partial charge in [0.1, 0.15) is 0 Å². The molecule has 0 spiro atoms. The van der Waals surface area contributed by atoms with Gasteiger partial charge < -0.3 is 4.98 Å². The Morgan fingerprint density at radius 3 is 3.00 bits per heavy atom. The van der Waals surface area contributed by atoms with E-state index in [1.807, 2.05) is 31.2 Å². The number of fused-ring (bicyclic) bond motifs is 3. The molecule has 2 heterocycles. The number of aromatic amines is 1. The predicted octanol–water partition coefficient (Wildman–Crippen LogP) is 3.68. The van der Waals surface area contributed by atoms with E-state index in [-0.39, 0.29) is 0 Å². The number of halogens is 1. The summed E-state index contributed by atoms with van der Waals surface area (Å²) < 4.78 is 0. The number of H-pyrrole nitrogens is 1. The van der Waals surface area contributed by atoms with Crippen molar-refractivity contribution in [3.8, 4) is 0 Å². The van der Waals surface area contributed by atoms with Gasteiger partial charge in [-0.25, -0.2) is 0 Å². The molecule has 0 atom stereocenters. The number of rotatable bonds is 0. The van der Waals surface area contributed by atoms with Crippen LogP contribution in [0.15, 0.2) is 30.5 Å². The topological polar surface area (TPSA) is 28.7 Å². The molecule has 2 aromatic heterocycles. The average Bonchev–Trinajstić information content (AvgIpc) is 2.63. The summed E-state index contributed by atoms with van der Waals surface area (Å²) in [4.78, 5) is 7.56. The van der Waals surface area contributed by atoms with Gasteiger partial charge in [-0.05, 0) is 31.2 Å². The molecule has 0 unspecified atom stereocenters. The molecule has 0 radical (unpaired) electrons. The number of aromatic nitrogens is 2. The molecule has 15 heavy (non-hydrogen) atoms. The first-order valence-electron chi connectivity index (χ1n) is 4.78. The van der Waals surface area contributed by atoms with Crippen LogP contribution in [0.5, 0.6) is 0 Å². The lowest BCUT2D eigenvalue weighted by Crippen LogP contribution is -1.85. The van der Waals surface area contributed by atoms with E-state index in [0.717, 1.165) is 32.5 Å². The molecule has 2 nitrogen and oxygen atoms in total. The van der Waals surface area contributed by atoms with Crippen LogP contribution in [-0.2, 0) is 0 Å². The van der Waals surface area contributed by atoms with Crippen molar-refractivity contribution in [3.05, 3.63) is 41.2 Å². The summed E-state index contributed by atoms with van der Waals surface area (Å²) >= 11 is 6.25. The second-order valence-electron chi connectivity index (χ2n) is 3.67. The summed E-state index contributed by atoms with van der Waals surface area (Å²) in [6.07, 6.45) is 1.81. The summed E-state index contributed by atoms with van der Waals surface area (Å²) in [5, 5.41) is 2.94. The van der Waals surface area contributed by atoms with Gasteiger partial charge >= 0.3 is 0 Å². The monoisotopic (exact) mass is 216 g/mol. The molecule has 74 valence electrons. The van der Waals surface area contributed by atoms with E-state index in [9.17, 15) is 0 Å². The van der Waals surface area contributed by atoms with Gasteiger partial charge in [-0.15, -0.1) is 0 Å². The number of nitrogens with zero attached hydrogens (tertiary/aromatic N) is 1. The summed E-state index contributed by atoms with van der Waals surface area (Å²) in [5.74, 6) is 0. The van der Waals surface area contributed by atoms with E-state index in [0.29, 0.717) is 0 Å². The Morgan fingerprint density at radius 1 is 1.27 bits per heavy atom. The number of hydrogen-bond acceptors (Lipinski definition) is 1. The molecule has 3 rings (SSSR count). The fraction of sp³-hybridized carbons (Fsp3) is 0.0833. The largest absolute Gasteiger partial charge is 0.359 e. The Morgan fingerprint density at radius 2 is 2.13 bits per heavy atom. The van der Waals surface area contributed by atoms with Gasteiger partial charge in [-0.2, -0.15) is 0 Å². The number of pyridine rings is 1. The average molecular weight is 217 g/mol. The van der Waals surface area contributed by atoms with Crippen LogP contribution < -0.4 is 0 Å². The van der Waals surface area contributed by atoms with Gasteiger partial charge in [0, 0.05) is 28.2 Å². The summed E-state index contributed by atoms with van der Waals surface area (Å²) in [5.41, 5.74) is 3.11. The quantitative estimate of drug-likeness (QED) is 0.610. The van der Waals surface area contributed by atoms with E-state index < -0.39 is 0 Å². The summed E-state index contributed by atoms with van der Waals surface area (Å²) in [6, 6.07) is 7.95. The first-order chi connectivity index (χ1) is 7.25.